The second-order valence-corrected chi connectivity index (χ2v) is 6.97. The minimum absolute atomic E-state index is 0.224. The van der Waals surface area contributed by atoms with Gasteiger partial charge in [0.05, 0.1) is 11.4 Å². The van der Waals surface area contributed by atoms with Crippen LogP contribution >= 0.6 is 0 Å². The number of likely N-dealkylation sites (tertiary alicyclic amines) is 1. The lowest BCUT2D eigenvalue weighted by atomic mass is 9.90. The lowest BCUT2D eigenvalue weighted by molar-refractivity contribution is 0.0238. The molecule has 0 N–H and O–H groups in total. The van der Waals surface area contributed by atoms with E-state index in [9.17, 15) is 4.39 Å². The van der Waals surface area contributed by atoms with Gasteiger partial charge < -0.3 is 4.74 Å². The first-order valence-electron chi connectivity index (χ1n) is 9.20. The van der Waals surface area contributed by atoms with Gasteiger partial charge in [-0.15, -0.1) is 0 Å². The molecule has 4 nitrogen and oxygen atoms in total. The minimum atomic E-state index is -0.224. The molecule has 0 radical (unpaired) electrons. The van der Waals surface area contributed by atoms with Gasteiger partial charge >= 0.3 is 0 Å². The highest BCUT2D eigenvalue weighted by atomic mass is 19.1. The third-order valence-electron chi connectivity index (χ3n) is 5.39. The molecular formula is C20H24FN3O. The topological polar surface area (TPSA) is 38.2 Å². The number of benzene rings is 1. The molecule has 1 aromatic carbocycles. The predicted octanol–water partition coefficient (Wildman–Crippen LogP) is 3.64. The fourth-order valence-corrected chi connectivity index (χ4v) is 4.09. The summed E-state index contributed by atoms with van der Waals surface area (Å²) >= 11 is 0. The van der Waals surface area contributed by atoms with E-state index in [0.717, 1.165) is 62.5 Å². The Kier molecular flexibility index (Phi) is 5.04. The Labute approximate surface area is 148 Å². The first kappa shape index (κ1) is 16.6. The zero-order chi connectivity index (χ0) is 17.1. The van der Waals surface area contributed by atoms with E-state index < -0.39 is 0 Å². The predicted molar refractivity (Wildman–Crippen MR) is 94.8 cm³/mol. The van der Waals surface area contributed by atoms with Crippen LogP contribution in [0.25, 0.3) is 11.3 Å². The number of piperidine rings is 1. The largest absolute Gasteiger partial charge is 0.381 e. The quantitative estimate of drug-likeness (QED) is 0.854. The van der Waals surface area contributed by atoms with Gasteiger partial charge in [0.1, 0.15) is 5.82 Å². The molecule has 2 aliphatic rings. The van der Waals surface area contributed by atoms with Crippen LogP contribution in [-0.4, -0.2) is 47.2 Å². The fourth-order valence-electron chi connectivity index (χ4n) is 4.09. The Balaban J connectivity index is 1.57. The number of hydrogen-bond donors (Lipinski definition) is 0. The van der Waals surface area contributed by atoms with Gasteiger partial charge in [-0.25, -0.2) is 4.39 Å². The van der Waals surface area contributed by atoms with Crippen molar-refractivity contribution in [3.8, 4) is 11.3 Å². The molecule has 2 aliphatic heterocycles. The summed E-state index contributed by atoms with van der Waals surface area (Å²) in [5.74, 6) is 0.155. The molecule has 1 aromatic heterocycles. The van der Waals surface area contributed by atoms with Crippen molar-refractivity contribution < 1.29 is 9.13 Å². The van der Waals surface area contributed by atoms with Gasteiger partial charge in [0.15, 0.2) is 0 Å². The maximum Gasteiger partial charge on any atom is 0.123 e. The molecule has 2 aromatic rings. The second kappa shape index (κ2) is 7.58. The highest BCUT2D eigenvalue weighted by Crippen LogP contribution is 2.33. The van der Waals surface area contributed by atoms with E-state index in [1.807, 2.05) is 0 Å². The van der Waals surface area contributed by atoms with E-state index >= 15 is 0 Å². The lowest BCUT2D eigenvalue weighted by Crippen LogP contribution is -2.44. The first-order valence-corrected chi connectivity index (χ1v) is 9.20. The maximum atomic E-state index is 13.3. The molecule has 1 atom stereocenters. The summed E-state index contributed by atoms with van der Waals surface area (Å²) in [5, 5.41) is 0. The fraction of sp³-hybridized carbons (Fsp3) is 0.500. The summed E-state index contributed by atoms with van der Waals surface area (Å²) in [6, 6.07) is 7.19. The summed E-state index contributed by atoms with van der Waals surface area (Å²) in [6.07, 6.45) is 8.06. The van der Waals surface area contributed by atoms with Gasteiger partial charge in [0.2, 0.25) is 0 Å². The van der Waals surface area contributed by atoms with E-state index in [2.05, 4.69) is 14.9 Å². The van der Waals surface area contributed by atoms with Crippen molar-refractivity contribution in [2.24, 2.45) is 0 Å². The van der Waals surface area contributed by atoms with E-state index in [1.54, 1.807) is 24.5 Å². The number of ether oxygens (including phenoxy) is 1. The summed E-state index contributed by atoms with van der Waals surface area (Å²) in [7, 11) is 0. The Morgan fingerprint density at radius 3 is 2.56 bits per heavy atom. The standard InChI is InChI=1S/C20H24FN3O/c21-17-5-3-15(4-6-17)19-20(23-10-9-22-19)16-2-1-11-24(14-16)18-7-12-25-13-8-18/h3-6,9-10,16,18H,1-2,7-8,11-14H2/t16-/m0/s1. The van der Waals surface area contributed by atoms with Crippen LogP contribution in [0.5, 0.6) is 0 Å². The summed E-state index contributed by atoms with van der Waals surface area (Å²) in [6.45, 7) is 3.93. The van der Waals surface area contributed by atoms with Gasteiger partial charge in [-0.05, 0) is 56.5 Å². The molecule has 3 heterocycles. The lowest BCUT2D eigenvalue weighted by Gasteiger charge is -2.40. The molecule has 132 valence electrons. The third kappa shape index (κ3) is 3.72. The van der Waals surface area contributed by atoms with Crippen LogP contribution in [0.2, 0.25) is 0 Å². The molecule has 2 saturated heterocycles. The molecule has 0 aliphatic carbocycles. The third-order valence-corrected chi connectivity index (χ3v) is 5.39. The van der Waals surface area contributed by atoms with Crippen molar-refractivity contribution in [2.45, 2.75) is 37.6 Å². The number of halogens is 1. The Hall–Kier alpha value is -1.85. The van der Waals surface area contributed by atoms with Crippen LogP contribution in [0.4, 0.5) is 4.39 Å². The maximum absolute atomic E-state index is 13.3. The van der Waals surface area contributed by atoms with Crippen molar-refractivity contribution in [2.75, 3.05) is 26.3 Å². The molecule has 0 bridgehead atoms. The van der Waals surface area contributed by atoms with Crippen LogP contribution in [-0.2, 0) is 4.74 Å². The monoisotopic (exact) mass is 341 g/mol. The van der Waals surface area contributed by atoms with E-state index in [0.29, 0.717) is 12.0 Å². The first-order chi connectivity index (χ1) is 12.3. The van der Waals surface area contributed by atoms with E-state index in [-0.39, 0.29) is 5.82 Å². The van der Waals surface area contributed by atoms with Crippen LogP contribution in [0.15, 0.2) is 36.7 Å². The average molecular weight is 341 g/mol. The minimum Gasteiger partial charge on any atom is -0.381 e. The molecule has 4 rings (SSSR count). The molecule has 0 unspecified atom stereocenters. The van der Waals surface area contributed by atoms with Crippen LogP contribution < -0.4 is 0 Å². The number of aromatic nitrogens is 2. The Bertz CT molecular complexity index is 700. The summed E-state index contributed by atoms with van der Waals surface area (Å²) in [5.41, 5.74) is 2.87. The van der Waals surface area contributed by atoms with Crippen LogP contribution in [0.1, 0.15) is 37.3 Å². The number of nitrogens with zero attached hydrogens (tertiary/aromatic N) is 3. The highest BCUT2D eigenvalue weighted by molar-refractivity contribution is 5.62. The van der Waals surface area contributed by atoms with Gasteiger partial charge in [0, 0.05) is 49.7 Å². The van der Waals surface area contributed by atoms with Crippen molar-refractivity contribution in [1.29, 1.82) is 0 Å². The normalized spacial score (nSPS) is 22.8. The zero-order valence-electron chi connectivity index (χ0n) is 14.4. The van der Waals surface area contributed by atoms with Gasteiger partial charge in [0.25, 0.3) is 0 Å². The van der Waals surface area contributed by atoms with Gasteiger partial charge in [-0.3, -0.25) is 14.9 Å². The van der Waals surface area contributed by atoms with E-state index in [1.165, 1.54) is 18.6 Å². The molecule has 0 amide bonds. The Morgan fingerprint density at radius 1 is 1.00 bits per heavy atom. The molecular weight excluding hydrogens is 317 g/mol. The Morgan fingerprint density at radius 2 is 1.76 bits per heavy atom. The van der Waals surface area contributed by atoms with Crippen molar-refractivity contribution in [3.05, 3.63) is 48.2 Å². The molecule has 5 heteroatoms. The van der Waals surface area contributed by atoms with Gasteiger partial charge in [-0.2, -0.15) is 0 Å². The van der Waals surface area contributed by atoms with Crippen molar-refractivity contribution >= 4 is 0 Å². The van der Waals surface area contributed by atoms with E-state index in [4.69, 9.17) is 4.74 Å². The SMILES string of the molecule is Fc1ccc(-c2nccnc2[C@H]2CCCN(C3CCOCC3)C2)cc1. The summed E-state index contributed by atoms with van der Waals surface area (Å²) < 4.78 is 18.8. The zero-order valence-corrected chi connectivity index (χ0v) is 14.4. The molecule has 25 heavy (non-hydrogen) atoms. The van der Waals surface area contributed by atoms with Crippen LogP contribution in [0.3, 0.4) is 0 Å². The smallest absolute Gasteiger partial charge is 0.123 e. The van der Waals surface area contributed by atoms with Crippen molar-refractivity contribution in [3.63, 3.8) is 0 Å². The second-order valence-electron chi connectivity index (χ2n) is 6.97. The number of hydrogen-bond acceptors (Lipinski definition) is 4. The van der Waals surface area contributed by atoms with Crippen molar-refractivity contribution in [1.82, 2.24) is 14.9 Å². The molecule has 0 spiro atoms. The molecule has 2 fully saturated rings. The number of rotatable bonds is 3. The van der Waals surface area contributed by atoms with Gasteiger partial charge in [-0.1, -0.05) is 0 Å². The highest BCUT2D eigenvalue weighted by Gasteiger charge is 2.30. The molecule has 0 saturated carbocycles. The average Bonchev–Trinajstić information content (AvgIpc) is 2.69. The summed E-state index contributed by atoms with van der Waals surface area (Å²) in [4.78, 5) is 11.9. The van der Waals surface area contributed by atoms with Crippen LogP contribution in [0, 0.1) is 5.82 Å².